The Hall–Kier alpha value is -2.28. The van der Waals surface area contributed by atoms with Gasteiger partial charge >= 0.3 is 0 Å². The van der Waals surface area contributed by atoms with Crippen molar-refractivity contribution < 1.29 is 19.4 Å². The third-order valence-electron chi connectivity index (χ3n) is 3.91. The molecule has 0 saturated carbocycles. The van der Waals surface area contributed by atoms with Crippen molar-refractivity contribution in [1.29, 1.82) is 0 Å². The number of ether oxygens (including phenoxy) is 2. The zero-order valence-corrected chi connectivity index (χ0v) is 16.3. The molecule has 6 nitrogen and oxygen atoms in total. The first-order chi connectivity index (χ1) is 12.5. The van der Waals surface area contributed by atoms with Crippen molar-refractivity contribution in [2.24, 2.45) is 0 Å². The Kier molecular flexibility index (Phi) is 7.72. The van der Waals surface area contributed by atoms with Crippen molar-refractivity contribution in [3.05, 3.63) is 34.3 Å². The highest BCUT2D eigenvalue weighted by atomic mass is 32.1. The number of thiazole rings is 1. The van der Waals surface area contributed by atoms with Gasteiger partial charge in [-0.2, -0.15) is 0 Å². The van der Waals surface area contributed by atoms with E-state index >= 15 is 0 Å². The molecule has 2 rings (SSSR count). The standard InChI is InChI=1S/C19H26N2O4S/c1-4-5-6-7-10-25-15-9-8-14(11-16(15)24-3)12-20-19-21-13(2)17(26-19)18(22)23/h8-9,11H,4-7,10,12H2,1-3H3,(H,20,21)(H,22,23)/p-1. The van der Waals surface area contributed by atoms with Gasteiger partial charge in [0.25, 0.3) is 0 Å². The summed E-state index contributed by atoms with van der Waals surface area (Å²) >= 11 is 1.08. The summed E-state index contributed by atoms with van der Waals surface area (Å²) in [5.41, 5.74) is 1.45. The highest BCUT2D eigenvalue weighted by molar-refractivity contribution is 7.17. The van der Waals surface area contributed by atoms with E-state index in [1.165, 1.54) is 19.3 Å². The van der Waals surface area contributed by atoms with Crippen molar-refractivity contribution in [1.82, 2.24) is 4.98 Å². The average Bonchev–Trinajstić information content (AvgIpc) is 3.01. The number of nitrogens with one attached hydrogen (secondary N) is 1. The van der Waals surface area contributed by atoms with Gasteiger partial charge in [-0.3, -0.25) is 0 Å². The Bertz CT molecular complexity index is 730. The number of carboxylic acids is 1. The lowest BCUT2D eigenvalue weighted by molar-refractivity contribution is -0.254. The first kappa shape index (κ1) is 20.0. The van der Waals surface area contributed by atoms with Gasteiger partial charge in [-0.25, -0.2) is 4.98 Å². The molecule has 2 aromatic rings. The lowest BCUT2D eigenvalue weighted by Crippen LogP contribution is -2.21. The number of benzene rings is 1. The molecular formula is C19H25N2O4S-. The molecule has 0 spiro atoms. The van der Waals surface area contributed by atoms with Gasteiger partial charge in [-0.05, 0) is 31.0 Å². The van der Waals surface area contributed by atoms with Gasteiger partial charge in [0.1, 0.15) is 0 Å². The van der Waals surface area contributed by atoms with E-state index in [0.717, 1.165) is 29.1 Å². The SMILES string of the molecule is CCCCCCOc1ccc(CNc2nc(C)c(C(=O)[O-])s2)cc1OC. The maximum absolute atomic E-state index is 11.0. The van der Waals surface area contributed by atoms with Crippen LogP contribution in [0, 0.1) is 6.92 Å². The molecular weight excluding hydrogens is 352 g/mol. The molecule has 0 amide bonds. The number of nitrogens with zero attached hydrogens (tertiary/aromatic N) is 1. The molecule has 0 radical (unpaired) electrons. The smallest absolute Gasteiger partial charge is 0.183 e. The molecule has 7 heteroatoms. The fourth-order valence-electron chi connectivity index (χ4n) is 2.49. The summed E-state index contributed by atoms with van der Waals surface area (Å²) < 4.78 is 11.2. The van der Waals surface area contributed by atoms with E-state index in [1.54, 1.807) is 14.0 Å². The molecule has 0 fully saturated rings. The Morgan fingerprint density at radius 2 is 2.08 bits per heavy atom. The molecule has 0 aliphatic heterocycles. The maximum Gasteiger partial charge on any atom is 0.183 e. The summed E-state index contributed by atoms with van der Waals surface area (Å²) in [6.07, 6.45) is 4.63. The number of anilines is 1. The van der Waals surface area contributed by atoms with Crippen LogP contribution in [0.25, 0.3) is 0 Å². The zero-order valence-electron chi connectivity index (χ0n) is 15.5. The van der Waals surface area contributed by atoms with E-state index in [1.807, 2.05) is 18.2 Å². The summed E-state index contributed by atoms with van der Waals surface area (Å²) in [5.74, 6) is 0.220. The molecule has 0 aliphatic rings. The Labute approximate surface area is 158 Å². The topological polar surface area (TPSA) is 83.5 Å². The number of carbonyl (C=O) groups is 1. The number of rotatable bonds is 11. The summed E-state index contributed by atoms with van der Waals surface area (Å²) in [4.78, 5) is 15.3. The van der Waals surface area contributed by atoms with Crippen LogP contribution in [0.3, 0.4) is 0 Å². The second kappa shape index (κ2) is 10.0. The van der Waals surface area contributed by atoms with Crippen LogP contribution in [0.4, 0.5) is 5.13 Å². The van der Waals surface area contributed by atoms with Crippen LogP contribution in [-0.4, -0.2) is 24.7 Å². The molecule has 0 saturated heterocycles. The monoisotopic (exact) mass is 377 g/mol. The van der Waals surface area contributed by atoms with Crippen LogP contribution in [-0.2, 0) is 6.54 Å². The molecule has 1 N–H and O–H groups in total. The van der Waals surface area contributed by atoms with Crippen LogP contribution < -0.4 is 19.9 Å². The Morgan fingerprint density at radius 3 is 2.73 bits per heavy atom. The lowest BCUT2D eigenvalue weighted by Gasteiger charge is -2.12. The van der Waals surface area contributed by atoms with Crippen molar-refractivity contribution in [3.8, 4) is 11.5 Å². The van der Waals surface area contributed by atoms with Crippen molar-refractivity contribution in [3.63, 3.8) is 0 Å². The fraction of sp³-hybridized carbons (Fsp3) is 0.474. The predicted octanol–water partition coefficient (Wildman–Crippen LogP) is 3.39. The van der Waals surface area contributed by atoms with Crippen LogP contribution in [0.2, 0.25) is 0 Å². The molecule has 0 atom stereocenters. The fourth-order valence-corrected chi connectivity index (χ4v) is 3.29. The van der Waals surface area contributed by atoms with E-state index in [0.29, 0.717) is 29.7 Å². The van der Waals surface area contributed by atoms with Crippen molar-refractivity contribution in [2.45, 2.75) is 46.1 Å². The largest absolute Gasteiger partial charge is 0.544 e. The minimum absolute atomic E-state index is 0.150. The van der Waals surface area contributed by atoms with Crippen LogP contribution in [0.15, 0.2) is 18.2 Å². The molecule has 26 heavy (non-hydrogen) atoms. The number of carbonyl (C=O) groups excluding carboxylic acids is 1. The molecule has 0 bridgehead atoms. The number of carboxylic acid groups (broad SMARTS) is 1. The van der Waals surface area contributed by atoms with Crippen molar-refractivity contribution >= 4 is 22.4 Å². The highest BCUT2D eigenvalue weighted by Gasteiger charge is 2.09. The van der Waals surface area contributed by atoms with Crippen LogP contribution >= 0.6 is 11.3 Å². The van der Waals surface area contributed by atoms with E-state index < -0.39 is 5.97 Å². The Balaban J connectivity index is 1.93. The van der Waals surface area contributed by atoms with E-state index in [4.69, 9.17) is 9.47 Å². The Morgan fingerprint density at radius 1 is 1.27 bits per heavy atom. The number of hydrogen-bond donors (Lipinski definition) is 1. The van der Waals surface area contributed by atoms with Gasteiger partial charge in [-0.1, -0.05) is 43.6 Å². The summed E-state index contributed by atoms with van der Waals surface area (Å²) in [6.45, 7) is 5.02. The molecule has 1 heterocycles. The second-order valence-corrected chi connectivity index (χ2v) is 6.97. The third kappa shape index (κ3) is 5.62. The zero-order chi connectivity index (χ0) is 18.9. The van der Waals surface area contributed by atoms with Crippen LogP contribution in [0.1, 0.15) is 53.5 Å². The number of aryl methyl sites for hydroxylation is 1. The number of aromatic carboxylic acids is 1. The van der Waals surface area contributed by atoms with Gasteiger partial charge in [0, 0.05) is 6.54 Å². The lowest BCUT2D eigenvalue weighted by atomic mass is 10.2. The van der Waals surface area contributed by atoms with Gasteiger partial charge in [0.2, 0.25) is 0 Å². The van der Waals surface area contributed by atoms with Gasteiger partial charge < -0.3 is 24.7 Å². The predicted molar refractivity (Wildman–Crippen MR) is 101 cm³/mol. The summed E-state index contributed by atoms with van der Waals surface area (Å²) in [5, 5.41) is 14.7. The molecule has 1 aromatic heterocycles. The first-order valence-corrected chi connectivity index (χ1v) is 9.59. The normalized spacial score (nSPS) is 10.6. The minimum atomic E-state index is -1.20. The van der Waals surface area contributed by atoms with Gasteiger partial charge in [-0.15, -0.1) is 0 Å². The van der Waals surface area contributed by atoms with Gasteiger partial charge in [0.05, 0.1) is 30.3 Å². The quantitative estimate of drug-likeness (QED) is 0.604. The maximum atomic E-state index is 11.0. The molecule has 142 valence electrons. The number of aromatic nitrogens is 1. The van der Waals surface area contributed by atoms with Gasteiger partial charge in [0.15, 0.2) is 16.6 Å². The number of unbranched alkanes of at least 4 members (excludes halogenated alkanes) is 3. The third-order valence-corrected chi connectivity index (χ3v) is 5.00. The number of methoxy groups -OCH3 is 1. The van der Waals surface area contributed by atoms with Crippen molar-refractivity contribution in [2.75, 3.05) is 19.0 Å². The first-order valence-electron chi connectivity index (χ1n) is 8.77. The second-order valence-electron chi connectivity index (χ2n) is 5.97. The average molecular weight is 377 g/mol. The number of hydrogen-bond acceptors (Lipinski definition) is 7. The summed E-state index contributed by atoms with van der Waals surface area (Å²) in [6, 6.07) is 5.76. The highest BCUT2D eigenvalue weighted by Crippen LogP contribution is 2.29. The molecule has 1 aromatic carbocycles. The van der Waals surface area contributed by atoms with E-state index in [-0.39, 0.29) is 4.88 Å². The molecule has 0 unspecified atom stereocenters. The molecule has 0 aliphatic carbocycles. The van der Waals surface area contributed by atoms with Crippen LogP contribution in [0.5, 0.6) is 11.5 Å². The summed E-state index contributed by atoms with van der Waals surface area (Å²) in [7, 11) is 1.62. The minimum Gasteiger partial charge on any atom is -0.544 e. The van der Waals surface area contributed by atoms with E-state index in [2.05, 4.69) is 17.2 Å². The van der Waals surface area contributed by atoms with E-state index in [9.17, 15) is 9.90 Å².